The van der Waals surface area contributed by atoms with Crippen molar-refractivity contribution in [3.05, 3.63) is 24.3 Å². The van der Waals surface area contributed by atoms with Crippen molar-refractivity contribution in [2.24, 2.45) is 0 Å². The fourth-order valence-corrected chi connectivity index (χ4v) is 3.85. The van der Waals surface area contributed by atoms with Gasteiger partial charge in [0.1, 0.15) is 11.1 Å². The zero-order valence-electron chi connectivity index (χ0n) is 15.1. The number of benzene rings is 1. The van der Waals surface area contributed by atoms with Crippen LogP contribution < -0.4 is 4.90 Å². The van der Waals surface area contributed by atoms with Gasteiger partial charge in [-0.15, -0.1) is 0 Å². The molecule has 3 heterocycles. The number of para-hydroxylation sites is 2. The molecule has 2 fully saturated rings. The SMILES string of the molecule is CC(C)(C)OC(=O)N1CCC2CCC(C1)N2c1nc2ccccc2o1. The molecule has 4 rings (SSSR count). The number of hydrogen-bond donors (Lipinski definition) is 0. The summed E-state index contributed by atoms with van der Waals surface area (Å²) in [6.07, 6.45) is 2.85. The van der Waals surface area contributed by atoms with E-state index < -0.39 is 5.60 Å². The first kappa shape index (κ1) is 16.2. The number of nitrogens with zero attached hydrogens (tertiary/aromatic N) is 3. The van der Waals surface area contributed by atoms with E-state index in [1.165, 1.54) is 0 Å². The smallest absolute Gasteiger partial charge is 0.410 e. The van der Waals surface area contributed by atoms with Gasteiger partial charge in [0.25, 0.3) is 6.01 Å². The maximum atomic E-state index is 12.5. The second-order valence-electron chi connectivity index (χ2n) is 7.97. The van der Waals surface area contributed by atoms with Gasteiger partial charge in [0.05, 0.1) is 6.04 Å². The fraction of sp³-hybridized carbons (Fsp3) is 0.579. The number of ether oxygens (including phenoxy) is 1. The van der Waals surface area contributed by atoms with Gasteiger partial charge in [0.2, 0.25) is 0 Å². The summed E-state index contributed by atoms with van der Waals surface area (Å²) in [6, 6.07) is 9.11. The van der Waals surface area contributed by atoms with Crippen LogP contribution in [0.1, 0.15) is 40.0 Å². The van der Waals surface area contributed by atoms with Crippen LogP contribution in [0.15, 0.2) is 28.7 Å². The summed E-state index contributed by atoms with van der Waals surface area (Å²) in [7, 11) is 0. The normalized spacial score (nSPS) is 23.8. The Balaban J connectivity index is 1.56. The number of likely N-dealkylation sites (tertiary alicyclic amines) is 1. The monoisotopic (exact) mass is 343 g/mol. The lowest BCUT2D eigenvalue weighted by molar-refractivity contribution is 0.0243. The Morgan fingerprint density at radius 3 is 2.72 bits per heavy atom. The van der Waals surface area contributed by atoms with Crippen LogP contribution >= 0.6 is 0 Å². The number of hydrogen-bond acceptors (Lipinski definition) is 5. The number of rotatable bonds is 1. The van der Waals surface area contributed by atoms with Gasteiger partial charge in [-0.05, 0) is 52.2 Å². The van der Waals surface area contributed by atoms with E-state index >= 15 is 0 Å². The number of anilines is 1. The van der Waals surface area contributed by atoms with Crippen molar-refractivity contribution < 1.29 is 13.9 Å². The van der Waals surface area contributed by atoms with Gasteiger partial charge >= 0.3 is 6.09 Å². The quantitative estimate of drug-likeness (QED) is 0.788. The van der Waals surface area contributed by atoms with Crippen LogP contribution in [0.2, 0.25) is 0 Å². The Labute approximate surface area is 147 Å². The average molecular weight is 343 g/mol. The third-order valence-electron chi connectivity index (χ3n) is 4.94. The predicted octanol–water partition coefficient (Wildman–Crippen LogP) is 3.81. The third-order valence-corrected chi connectivity index (χ3v) is 4.94. The first-order valence-electron chi connectivity index (χ1n) is 9.02. The molecule has 2 bridgehead atoms. The van der Waals surface area contributed by atoms with Crippen LogP contribution in [-0.4, -0.2) is 46.8 Å². The standard InChI is InChI=1S/C19H25N3O3/c1-19(2,3)25-18(23)21-11-10-13-8-9-14(12-21)22(13)17-20-15-6-4-5-7-16(15)24-17/h4-7,13-14H,8-12H2,1-3H3. The number of oxazole rings is 1. The van der Waals surface area contributed by atoms with Gasteiger partial charge in [-0.1, -0.05) is 12.1 Å². The van der Waals surface area contributed by atoms with E-state index in [2.05, 4.69) is 9.88 Å². The Morgan fingerprint density at radius 2 is 1.96 bits per heavy atom. The van der Waals surface area contributed by atoms with Gasteiger partial charge in [-0.2, -0.15) is 4.98 Å². The van der Waals surface area contributed by atoms with Crippen LogP contribution in [-0.2, 0) is 4.74 Å². The van der Waals surface area contributed by atoms with Crippen molar-refractivity contribution in [1.29, 1.82) is 0 Å². The number of fused-ring (bicyclic) bond motifs is 3. The molecule has 0 spiro atoms. The highest BCUT2D eigenvalue weighted by atomic mass is 16.6. The molecule has 0 aliphatic carbocycles. The molecule has 6 heteroatoms. The zero-order valence-corrected chi connectivity index (χ0v) is 15.1. The summed E-state index contributed by atoms with van der Waals surface area (Å²) >= 11 is 0. The van der Waals surface area contributed by atoms with E-state index in [0.717, 1.165) is 30.4 Å². The summed E-state index contributed by atoms with van der Waals surface area (Å²) in [5, 5.41) is 0. The Morgan fingerprint density at radius 1 is 1.20 bits per heavy atom. The van der Waals surface area contributed by atoms with Gasteiger partial charge in [-0.25, -0.2) is 4.79 Å². The topological polar surface area (TPSA) is 58.8 Å². The molecule has 0 saturated carbocycles. The molecule has 2 unspecified atom stereocenters. The van der Waals surface area contributed by atoms with Crippen molar-refractivity contribution >= 4 is 23.2 Å². The van der Waals surface area contributed by atoms with E-state index in [1.54, 1.807) is 0 Å². The van der Waals surface area contributed by atoms with Crippen LogP contribution in [0, 0.1) is 0 Å². The first-order valence-corrected chi connectivity index (χ1v) is 9.02. The highest BCUT2D eigenvalue weighted by Gasteiger charge is 2.41. The highest BCUT2D eigenvalue weighted by molar-refractivity contribution is 5.74. The molecular formula is C19H25N3O3. The number of aromatic nitrogens is 1. The summed E-state index contributed by atoms with van der Waals surface area (Å²) in [4.78, 5) is 21.3. The molecule has 2 saturated heterocycles. The predicted molar refractivity (Wildman–Crippen MR) is 95.7 cm³/mol. The van der Waals surface area contributed by atoms with Crippen molar-refractivity contribution in [2.75, 3.05) is 18.0 Å². The Hall–Kier alpha value is -2.24. The van der Waals surface area contributed by atoms with Crippen LogP contribution in [0.5, 0.6) is 0 Å². The highest BCUT2D eigenvalue weighted by Crippen LogP contribution is 2.36. The van der Waals surface area contributed by atoms with Gasteiger partial charge < -0.3 is 19.0 Å². The fourth-order valence-electron chi connectivity index (χ4n) is 3.85. The summed E-state index contributed by atoms with van der Waals surface area (Å²) in [6.45, 7) is 7.08. The van der Waals surface area contributed by atoms with E-state index in [4.69, 9.17) is 9.15 Å². The van der Waals surface area contributed by atoms with Crippen molar-refractivity contribution in [3.8, 4) is 0 Å². The molecular weight excluding hydrogens is 318 g/mol. The molecule has 0 N–H and O–H groups in total. The van der Waals surface area contributed by atoms with Crippen molar-refractivity contribution in [1.82, 2.24) is 9.88 Å². The molecule has 2 aliphatic heterocycles. The molecule has 1 aromatic heterocycles. The second kappa shape index (κ2) is 5.93. The largest absolute Gasteiger partial charge is 0.444 e. The molecule has 2 aliphatic rings. The number of carbonyl (C=O) groups is 1. The van der Waals surface area contributed by atoms with Gasteiger partial charge in [-0.3, -0.25) is 0 Å². The van der Waals surface area contributed by atoms with E-state index in [0.29, 0.717) is 25.1 Å². The van der Waals surface area contributed by atoms with Crippen LogP contribution in [0.4, 0.5) is 10.8 Å². The molecule has 2 atom stereocenters. The van der Waals surface area contributed by atoms with Gasteiger partial charge in [0, 0.05) is 19.1 Å². The molecule has 134 valence electrons. The van der Waals surface area contributed by atoms with Crippen molar-refractivity contribution in [2.45, 2.75) is 57.7 Å². The van der Waals surface area contributed by atoms with E-state index in [-0.39, 0.29) is 12.1 Å². The number of carbonyl (C=O) groups excluding carboxylic acids is 1. The zero-order chi connectivity index (χ0) is 17.6. The second-order valence-corrected chi connectivity index (χ2v) is 7.97. The third kappa shape index (κ3) is 3.17. The lowest BCUT2D eigenvalue weighted by Crippen LogP contribution is -2.43. The molecule has 0 radical (unpaired) electrons. The minimum atomic E-state index is -0.470. The van der Waals surface area contributed by atoms with Gasteiger partial charge in [0.15, 0.2) is 5.58 Å². The molecule has 1 aromatic carbocycles. The van der Waals surface area contributed by atoms with Crippen LogP contribution in [0.3, 0.4) is 0 Å². The summed E-state index contributed by atoms with van der Waals surface area (Å²) in [5.41, 5.74) is 1.22. The maximum absolute atomic E-state index is 12.5. The van der Waals surface area contributed by atoms with E-state index in [9.17, 15) is 4.79 Å². The molecule has 25 heavy (non-hydrogen) atoms. The van der Waals surface area contributed by atoms with Crippen molar-refractivity contribution in [3.63, 3.8) is 0 Å². The summed E-state index contributed by atoms with van der Waals surface area (Å²) in [5.74, 6) is 0. The van der Waals surface area contributed by atoms with Crippen LogP contribution in [0.25, 0.3) is 11.1 Å². The Bertz CT molecular complexity index is 747. The first-order chi connectivity index (χ1) is 11.9. The lowest BCUT2D eigenvalue weighted by Gasteiger charge is -2.29. The minimum absolute atomic E-state index is 0.224. The minimum Gasteiger partial charge on any atom is -0.444 e. The van der Waals surface area contributed by atoms with E-state index in [1.807, 2.05) is 49.9 Å². The summed E-state index contributed by atoms with van der Waals surface area (Å²) < 4.78 is 11.6. The molecule has 6 nitrogen and oxygen atoms in total. The maximum Gasteiger partial charge on any atom is 0.410 e. The number of amides is 1. The molecule has 2 aromatic rings. The average Bonchev–Trinajstić information content (AvgIpc) is 3.05. The molecule has 1 amide bonds. The lowest BCUT2D eigenvalue weighted by atomic mass is 10.1. The Kier molecular flexibility index (Phi) is 3.85.